The van der Waals surface area contributed by atoms with Gasteiger partial charge in [-0.3, -0.25) is 4.79 Å². The van der Waals surface area contributed by atoms with Crippen LogP contribution < -0.4 is 10.1 Å². The van der Waals surface area contributed by atoms with Crippen LogP contribution in [0.2, 0.25) is 5.02 Å². The minimum atomic E-state index is -3.65. The first-order valence-corrected chi connectivity index (χ1v) is 11.9. The monoisotopic (exact) mass is 516 g/mol. The van der Waals surface area contributed by atoms with Crippen molar-refractivity contribution in [3.63, 3.8) is 0 Å². The smallest absolute Gasteiger partial charge is 0.258 e. The summed E-state index contributed by atoms with van der Waals surface area (Å²) in [5.74, 6) is -0.0736. The van der Waals surface area contributed by atoms with E-state index in [0.717, 1.165) is 10.0 Å². The van der Waals surface area contributed by atoms with Gasteiger partial charge in [0.25, 0.3) is 5.91 Å². The number of sulfonamides is 1. The molecule has 1 heterocycles. The topological polar surface area (TPSA) is 84.9 Å². The van der Waals surface area contributed by atoms with Gasteiger partial charge in [-0.1, -0.05) is 39.7 Å². The molecule has 7 nitrogen and oxygen atoms in total. The summed E-state index contributed by atoms with van der Waals surface area (Å²) < 4.78 is 38.4. The molecule has 1 N–H and O–H groups in total. The Hall–Kier alpha value is -1.65. The van der Waals surface area contributed by atoms with Gasteiger partial charge < -0.3 is 14.8 Å². The summed E-state index contributed by atoms with van der Waals surface area (Å²) in [6.07, 6.45) is 0. The predicted molar refractivity (Wildman–Crippen MR) is 117 cm³/mol. The molecule has 30 heavy (non-hydrogen) atoms. The SMILES string of the molecule is C[C@H](NC(=O)COc1ccc(S(=O)(=O)N2CCOCC2)cc1Cl)c1ccc(Br)cc1. The molecule has 2 aromatic carbocycles. The van der Waals surface area contributed by atoms with E-state index in [-0.39, 0.29) is 34.2 Å². The van der Waals surface area contributed by atoms with Crippen molar-refractivity contribution in [2.24, 2.45) is 0 Å². The van der Waals surface area contributed by atoms with Gasteiger partial charge in [-0.15, -0.1) is 0 Å². The van der Waals surface area contributed by atoms with Crippen molar-refractivity contribution in [1.29, 1.82) is 0 Å². The molecule has 1 amide bonds. The molecule has 1 atom stereocenters. The van der Waals surface area contributed by atoms with E-state index in [1.165, 1.54) is 22.5 Å². The van der Waals surface area contributed by atoms with Crippen molar-refractivity contribution in [3.05, 3.63) is 57.5 Å². The molecule has 0 radical (unpaired) electrons. The largest absolute Gasteiger partial charge is 0.482 e. The summed E-state index contributed by atoms with van der Waals surface area (Å²) in [5, 5.41) is 2.97. The second kappa shape index (κ2) is 10.1. The molecule has 1 fully saturated rings. The van der Waals surface area contributed by atoms with E-state index in [9.17, 15) is 13.2 Å². The number of nitrogens with zero attached hydrogens (tertiary/aromatic N) is 1. The van der Waals surface area contributed by atoms with Gasteiger partial charge in [-0.05, 0) is 42.8 Å². The van der Waals surface area contributed by atoms with Crippen LogP contribution in [0.3, 0.4) is 0 Å². The summed E-state index contributed by atoms with van der Waals surface area (Å²) in [4.78, 5) is 12.3. The van der Waals surface area contributed by atoms with Gasteiger partial charge in [0.15, 0.2) is 6.61 Å². The molecule has 2 aromatic rings. The highest BCUT2D eigenvalue weighted by Gasteiger charge is 2.27. The number of halogens is 2. The summed E-state index contributed by atoms with van der Waals surface area (Å²) in [6.45, 7) is 2.96. The van der Waals surface area contributed by atoms with Crippen molar-refractivity contribution in [3.8, 4) is 5.75 Å². The van der Waals surface area contributed by atoms with Crippen LogP contribution in [0.25, 0.3) is 0 Å². The lowest BCUT2D eigenvalue weighted by atomic mass is 10.1. The van der Waals surface area contributed by atoms with Crippen LogP contribution in [-0.4, -0.2) is 51.5 Å². The number of benzene rings is 2. The zero-order chi connectivity index (χ0) is 21.7. The number of hydrogen-bond donors (Lipinski definition) is 1. The summed E-state index contributed by atoms with van der Waals surface area (Å²) >= 11 is 9.58. The number of hydrogen-bond acceptors (Lipinski definition) is 5. The first-order valence-electron chi connectivity index (χ1n) is 9.32. The Bertz CT molecular complexity index is 995. The molecule has 1 saturated heterocycles. The van der Waals surface area contributed by atoms with E-state index in [0.29, 0.717) is 26.3 Å². The molecular formula is C20H22BrClN2O5S. The second-order valence-electron chi connectivity index (χ2n) is 6.74. The number of morpholine rings is 1. The van der Waals surface area contributed by atoms with E-state index in [4.69, 9.17) is 21.1 Å². The highest BCUT2D eigenvalue weighted by Crippen LogP contribution is 2.29. The normalized spacial score (nSPS) is 16.1. The molecular weight excluding hydrogens is 496 g/mol. The first-order chi connectivity index (χ1) is 14.3. The van der Waals surface area contributed by atoms with Crippen LogP contribution in [0.5, 0.6) is 5.75 Å². The van der Waals surface area contributed by atoms with Crippen molar-refractivity contribution in [1.82, 2.24) is 9.62 Å². The molecule has 0 saturated carbocycles. The maximum absolute atomic E-state index is 12.7. The van der Waals surface area contributed by atoms with Crippen LogP contribution in [0, 0.1) is 0 Å². The van der Waals surface area contributed by atoms with E-state index >= 15 is 0 Å². The Morgan fingerprint density at radius 2 is 1.90 bits per heavy atom. The van der Waals surface area contributed by atoms with Crippen LogP contribution in [-0.2, 0) is 19.6 Å². The highest BCUT2D eigenvalue weighted by molar-refractivity contribution is 9.10. The number of ether oxygens (including phenoxy) is 2. The van der Waals surface area contributed by atoms with Crippen molar-refractivity contribution < 1.29 is 22.7 Å². The summed E-state index contributed by atoms with van der Waals surface area (Å²) in [7, 11) is -3.65. The average Bonchev–Trinajstić information content (AvgIpc) is 2.73. The van der Waals surface area contributed by atoms with Crippen LogP contribution in [0.4, 0.5) is 0 Å². The third kappa shape index (κ3) is 5.73. The van der Waals surface area contributed by atoms with E-state index in [1.807, 2.05) is 31.2 Å². The Balaban J connectivity index is 1.59. The van der Waals surface area contributed by atoms with Gasteiger partial charge in [0.05, 0.1) is 29.2 Å². The van der Waals surface area contributed by atoms with E-state index < -0.39 is 10.0 Å². The standard InChI is InChI=1S/C20H22BrClN2O5S/c1-14(15-2-4-16(21)5-3-15)23-20(25)13-29-19-7-6-17(12-18(19)22)30(26,27)24-8-10-28-11-9-24/h2-7,12,14H,8-11,13H2,1H3,(H,23,25)/t14-/m0/s1. The Kier molecular flexibility index (Phi) is 7.75. The minimum absolute atomic E-state index is 0.0788. The van der Waals surface area contributed by atoms with Crippen LogP contribution >= 0.6 is 27.5 Å². The summed E-state index contributed by atoms with van der Waals surface area (Å²) in [5.41, 5.74) is 0.960. The molecule has 10 heteroatoms. The number of carbonyl (C=O) groups excluding carboxylic acids is 1. The molecule has 3 rings (SSSR count). The fourth-order valence-corrected chi connectivity index (χ4v) is 4.96. The average molecular weight is 518 g/mol. The maximum atomic E-state index is 12.7. The molecule has 1 aliphatic heterocycles. The zero-order valence-corrected chi connectivity index (χ0v) is 19.5. The van der Waals surface area contributed by atoms with Gasteiger partial charge >= 0.3 is 0 Å². The molecule has 0 spiro atoms. The number of rotatable bonds is 7. The molecule has 162 valence electrons. The maximum Gasteiger partial charge on any atom is 0.258 e. The number of nitrogens with one attached hydrogen (secondary N) is 1. The van der Waals surface area contributed by atoms with Gasteiger partial charge in [-0.25, -0.2) is 8.42 Å². The van der Waals surface area contributed by atoms with Gasteiger partial charge in [0.2, 0.25) is 10.0 Å². The second-order valence-corrected chi connectivity index (χ2v) is 10.00. The van der Waals surface area contributed by atoms with Gasteiger partial charge in [-0.2, -0.15) is 4.31 Å². The number of carbonyl (C=O) groups is 1. The lowest BCUT2D eigenvalue weighted by Crippen LogP contribution is -2.40. The Labute approximate surface area is 189 Å². The molecule has 1 aliphatic rings. The van der Waals surface area contributed by atoms with Crippen LogP contribution in [0.15, 0.2) is 51.8 Å². The molecule has 0 aromatic heterocycles. The third-order valence-corrected chi connectivity index (χ3v) is 7.34. The fourth-order valence-electron chi connectivity index (χ4n) is 2.96. The minimum Gasteiger partial charge on any atom is -0.482 e. The highest BCUT2D eigenvalue weighted by atomic mass is 79.9. The number of amides is 1. The quantitative estimate of drug-likeness (QED) is 0.609. The van der Waals surface area contributed by atoms with Crippen LogP contribution in [0.1, 0.15) is 18.5 Å². The van der Waals surface area contributed by atoms with Crippen molar-refractivity contribution in [2.75, 3.05) is 32.9 Å². The zero-order valence-electron chi connectivity index (χ0n) is 16.3. The van der Waals surface area contributed by atoms with Gasteiger partial charge in [0, 0.05) is 17.6 Å². The van der Waals surface area contributed by atoms with Crippen molar-refractivity contribution >= 4 is 43.5 Å². The lowest BCUT2D eigenvalue weighted by molar-refractivity contribution is -0.123. The molecule has 0 bridgehead atoms. The Morgan fingerprint density at radius 1 is 1.23 bits per heavy atom. The van der Waals surface area contributed by atoms with E-state index in [2.05, 4.69) is 21.2 Å². The summed E-state index contributed by atoms with van der Waals surface area (Å²) in [6, 6.07) is 11.7. The molecule has 0 unspecified atom stereocenters. The van der Waals surface area contributed by atoms with Crippen molar-refractivity contribution in [2.45, 2.75) is 17.9 Å². The lowest BCUT2D eigenvalue weighted by Gasteiger charge is -2.26. The first kappa shape index (κ1) is 23.0. The third-order valence-electron chi connectivity index (χ3n) is 4.62. The molecule has 0 aliphatic carbocycles. The predicted octanol–water partition coefficient (Wildman–Crippen LogP) is 3.38. The fraction of sp³-hybridized carbons (Fsp3) is 0.350. The van der Waals surface area contributed by atoms with Gasteiger partial charge in [0.1, 0.15) is 5.75 Å². The van der Waals surface area contributed by atoms with E-state index in [1.54, 1.807) is 0 Å². The Morgan fingerprint density at radius 3 is 2.53 bits per heavy atom.